The van der Waals surface area contributed by atoms with Gasteiger partial charge in [-0.3, -0.25) is 4.79 Å². The average Bonchev–Trinajstić information content (AvgIpc) is 3.20. The third-order valence-corrected chi connectivity index (χ3v) is 7.74. The summed E-state index contributed by atoms with van der Waals surface area (Å²) in [5, 5.41) is 1.35. The van der Waals surface area contributed by atoms with E-state index in [2.05, 4.69) is 9.97 Å². The van der Waals surface area contributed by atoms with Crippen LogP contribution >= 0.6 is 23.2 Å². The highest BCUT2D eigenvalue weighted by molar-refractivity contribution is 7.89. The van der Waals surface area contributed by atoms with Gasteiger partial charge in [0.1, 0.15) is 10.5 Å². The lowest BCUT2D eigenvalue weighted by Gasteiger charge is -2.33. The van der Waals surface area contributed by atoms with Gasteiger partial charge in [-0.2, -0.15) is 4.31 Å². The van der Waals surface area contributed by atoms with Gasteiger partial charge < -0.3 is 9.88 Å². The summed E-state index contributed by atoms with van der Waals surface area (Å²) in [4.78, 5) is 21.3. The summed E-state index contributed by atoms with van der Waals surface area (Å²) in [6.07, 6.45) is 6.09. The van der Waals surface area contributed by atoms with Crippen LogP contribution in [0.2, 0.25) is 10.0 Å². The molecule has 0 atom stereocenters. The summed E-state index contributed by atoms with van der Waals surface area (Å²) in [7, 11) is -3.69. The van der Waals surface area contributed by atoms with Crippen molar-refractivity contribution in [2.75, 3.05) is 26.2 Å². The largest absolute Gasteiger partial charge is 0.345 e. The number of carbonyl (C=O) groups is 1. The minimum absolute atomic E-state index is 0.195. The van der Waals surface area contributed by atoms with Gasteiger partial charge >= 0.3 is 0 Å². The Balaban J connectivity index is 1.44. The Morgan fingerprint density at radius 2 is 1.87 bits per heavy atom. The molecule has 7 nitrogen and oxygen atoms in total. The van der Waals surface area contributed by atoms with E-state index in [0.29, 0.717) is 39.7 Å². The highest BCUT2D eigenvalue weighted by atomic mass is 35.5. The number of carbonyl (C=O) groups excluding carboxylic acids is 1. The van der Waals surface area contributed by atoms with Crippen molar-refractivity contribution >= 4 is 56.2 Å². The van der Waals surface area contributed by atoms with Gasteiger partial charge in [0.2, 0.25) is 15.9 Å². The molecule has 1 saturated heterocycles. The van der Waals surface area contributed by atoms with Crippen LogP contribution in [0, 0.1) is 0 Å². The Morgan fingerprint density at radius 3 is 2.63 bits per heavy atom. The van der Waals surface area contributed by atoms with Crippen LogP contribution in [0.4, 0.5) is 0 Å². The molecule has 1 N–H and O–H groups in total. The number of amides is 1. The van der Waals surface area contributed by atoms with Crippen molar-refractivity contribution < 1.29 is 13.2 Å². The highest BCUT2D eigenvalue weighted by Gasteiger charge is 2.31. The maximum absolute atomic E-state index is 13.1. The van der Waals surface area contributed by atoms with Gasteiger partial charge in [-0.1, -0.05) is 35.3 Å². The summed E-state index contributed by atoms with van der Waals surface area (Å²) in [5.74, 6) is -0.209. The molecule has 30 heavy (non-hydrogen) atoms. The third-order valence-electron chi connectivity index (χ3n) is 4.97. The number of fused-ring (bicyclic) bond motifs is 1. The first-order chi connectivity index (χ1) is 14.4. The minimum atomic E-state index is -3.69. The summed E-state index contributed by atoms with van der Waals surface area (Å²) in [6.45, 7) is 1.03. The van der Waals surface area contributed by atoms with Crippen LogP contribution in [0.25, 0.3) is 17.1 Å². The molecule has 10 heteroatoms. The van der Waals surface area contributed by atoms with E-state index in [4.69, 9.17) is 23.2 Å². The predicted octanol–water partition coefficient (Wildman–Crippen LogP) is 3.42. The lowest BCUT2D eigenvalue weighted by Crippen LogP contribution is -2.50. The summed E-state index contributed by atoms with van der Waals surface area (Å²) in [5.41, 5.74) is 1.17. The SMILES string of the molecule is O=C(C=Cc1cccc(Cl)c1Cl)N1CCN(S(=O)(=O)c2c[nH]c3ncccc23)CC1. The van der Waals surface area contributed by atoms with Crippen molar-refractivity contribution in [3.05, 3.63) is 64.4 Å². The molecule has 1 aromatic carbocycles. The van der Waals surface area contributed by atoms with E-state index >= 15 is 0 Å². The first-order valence-corrected chi connectivity index (χ1v) is 11.4. The topological polar surface area (TPSA) is 86.4 Å². The summed E-state index contributed by atoms with van der Waals surface area (Å²) >= 11 is 12.1. The van der Waals surface area contributed by atoms with Gasteiger partial charge in [0.05, 0.1) is 10.0 Å². The molecule has 1 amide bonds. The summed E-state index contributed by atoms with van der Waals surface area (Å²) < 4.78 is 27.5. The van der Waals surface area contributed by atoms with Crippen LogP contribution in [0.1, 0.15) is 5.56 Å². The molecule has 0 saturated carbocycles. The fraction of sp³-hybridized carbons (Fsp3) is 0.200. The number of aromatic amines is 1. The van der Waals surface area contributed by atoms with Crippen LogP contribution in [-0.4, -0.2) is 59.7 Å². The molecular formula is C20H18Cl2N4O3S. The van der Waals surface area contributed by atoms with Crippen molar-refractivity contribution in [2.24, 2.45) is 0 Å². The van der Waals surface area contributed by atoms with Crippen LogP contribution in [0.5, 0.6) is 0 Å². The van der Waals surface area contributed by atoms with Crippen molar-refractivity contribution in [3.8, 4) is 0 Å². The molecule has 156 valence electrons. The lowest BCUT2D eigenvalue weighted by atomic mass is 10.2. The van der Waals surface area contributed by atoms with Crippen LogP contribution in [0.3, 0.4) is 0 Å². The first kappa shape index (κ1) is 20.9. The van der Waals surface area contributed by atoms with Gasteiger partial charge in [0.15, 0.2) is 0 Å². The molecule has 0 spiro atoms. The monoisotopic (exact) mass is 464 g/mol. The van der Waals surface area contributed by atoms with Gasteiger partial charge in [0, 0.05) is 50.0 Å². The number of hydrogen-bond acceptors (Lipinski definition) is 4. The molecule has 2 aromatic heterocycles. The zero-order valence-corrected chi connectivity index (χ0v) is 18.1. The standard InChI is InChI=1S/C20H18Cl2N4O3S/c21-16-5-1-3-14(19(16)22)6-7-18(27)25-9-11-26(12-10-25)30(28,29)17-13-24-20-15(17)4-2-8-23-20/h1-8,13H,9-12H2,(H,23,24). The minimum Gasteiger partial charge on any atom is -0.345 e. The number of aromatic nitrogens is 2. The molecule has 1 aliphatic heterocycles. The molecule has 0 radical (unpaired) electrons. The number of hydrogen-bond donors (Lipinski definition) is 1. The number of piperazine rings is 1. The van der Waals surface area contributed by atoms with E-state index in [-0.39, 0.29) is 23.9 Å². The molecule has 1 fully saturated rings. The second kappa shape index (κ2) is 8.39. The van der Waals surface area contributed by atoms with E-state index in [1.165, 1.54) is 16.6 Å². The van der Waals surface area contributed by atoms with E-state index < -0.39 is 10.0 Å². The number of halogens is 2. The fourth-order valence-corrected chi connectivity index (χ4v) is 5.29. The van der Waals surface area contributed by atoms with Crippen molar-refractivity contribution in [1.29, 1.82) is 0 Å². The molecule has 0 unspecified atom stereocenters. The van der Waals surface area contributed by atoms with E-state index in [1.807, 2.05) is 0 Å². The Bertz CT molecular complexity index is 1230. The van der Waals surface area contributed by atoms with E-state index in [0.717, 1.165) is 0 Å². The Hall–Kier alpha value is -2.39. The Labute approximate surface area is 184 Å². The predicted molar refractivity (Wildman–Crippen MR) is 117 cm³/mol. The molecule has 3 heterocycles. The van der Waals surface area contributed by atoms with Crippen molar-refractivity contribution in [1.82, 2.24) is 19.2 Å². The first-order valence-electron chi connectivity index (χ1n) is 9.21. The number of benzene rings is 1. The smallest absolute Gasteiger partial charge is 0.246 e. The van der Waals surface area contributed by atoms with Crippen molar-refractivity contribution in [2.45, 2.75) is 4.90 Å². The van der Waals surface area contributed by atoms with Gasteiger partial charge in [-0.15, -0.1) is 0 Å². The molecular weight excluding hydrogens is 447 g/mol. The third kappa shape index (κ3) is 3.96. The second-order valence-corrected chi connectivity index (χ2v) is 9.45. The number of rotatable bonds is 4. The van der Waals surface area contributed by atoms with E-state index in [1.54, 1.807) is 47.5 Å². The van der Waals surface area contributed by atoms with Crippen LogP contribution in [-0.2, 0) is 14.8 Å². The quantitative estimate of drug-likeness (QED) is 0.599. The van der Waals surface area contributed by atoms with Crippen molar-refractivity contribution in [3.63, 3.8) is 0 Å². The average molecular weight is 465 g/mol. The number of nitrogens with one attached hydrogen (secondary N) is 1. The molecule has 4 rings (SSSR count). The molecule has 3 aromatic rings. The van der Waals surface area contributed by atoms with Crippen LogP contribution < -0.4 is 0 Å². The Kier molecular flexibility index (Phi) is 5.84. The zero-order valence-electron chi connectivity index (χ0n) is 15.8. The molecule has 1 aliphatic rings. The van der Waals surface area contributed by atoms with Gasteiger partial charge in [-0.25, -0.2) is 13.4 Å². The normalized spacial score (nSPS) is 15.9. The summed E-state index contributed by atoms with van der Waals surface area (Å²) in [6, 6.07) is 8.61. The maximum Gasteiger partial charge on any atom is 0.246 e. The molecule has 0 aliphatic carbocycles. The van der Waals surface area contributed by atoms with Gasteiger partial charge in [0.25, 0.3) is 0 Å². The number of pyridine rings is 1. The maximum atomic E-state index is 13.1. The Morgan fingerprint density at radius 1 is 1.10 bits per heavy atom. The second-order valence-electron chi connectivity index (χ2n) is 6.76. The van der Waals surface area contributed by atoms with Crippen LogP contribution in [0.15, 0.2) is 53.7 Å². The molecule has 0 bridgehead atoms. The fourth-order valence-electron chi connectivity index (χ4n) is 3.35. The number of sulfonamides is 1. The zero-order chi connectivity index (χ0) is 21.3. The number of H-pyrrole nitrogens is 1. The highest BCUT2D eigenvalue weighted by Crippen LogP contribution is 2.27. The lowest BCUT2D eigenvalue weighted by molar-refractivity contribution is -0.127. The number of nitrogens with zero attached hydrogens (tertiary/aromatic N) is 3. The van der Waals surface area contributed by atoms with Gasteiger partial charge in [-0.05, 0) is 29.8 Å². The van der Waals surface area contributed by atoms with E-state index in [9.17, 15) is 13.2 Å².